The Kier molecular flexibility index (Phi) is 2.92. The van der Waals surface area contributed by atoms with Gasteiger partial charge in [0.2, 0.25) is 0 Å². The Balaban J connectivity index is 2.26. The molecule has 78 valence electrons. The summed E-state index contributed by atoms with van der Waals surface area (Å²) in [7, 11) is -1.35. The maximum absolute atomic E-state index is 3.93. The summed E-state index contributed by atoms with van der Waals surface area (Å²) in [6.45, 7) is 6.42. The van der Waals surface area contributed by atoms with E-state index in [0.717, 1.165) is 0 Å². The Morgan fingerprint density at radius 2 is 1.40 bits per heavy atom. The van der Waals surface area contributed by atoms with Crippen LogP contribution in [0.25, 0.3) is 0 Å². The summed E-state index contributed by atoms with van der Waals surface area (Å²) in [6, 6.07) is 1.19. The molecular weight excluding hydrogens is 196 g/mol. The molecule has 1 heteroatoms. The van der Waals surface area contributed by atoms with Crippen LogP contribution in [0.3, 0.4) is 0 Å². The third kappa shape index (κ3) is 1.84. The Morgan fingerprint density at radius 1 is 1.00 bits per heavy atom. The van der Waals surface area contributed by atoms with Crippen LogP contribution in [0.15, 0.2) is 61.3 Å². The van der Waals surface area contributed by atoms with Gasteiger partial charge in [-0.25, -0.2) is 0 Å². The predicted octanol–water partition coefficient (Wildman–Crippen LogP) is 4.24. The average Bonchev–Trinajstić information content (AvgIpc) is 2.92. The highest BCUT2D eigenvalue weighted by Crippen LogP contribution is 2.43. The van der Waals surface area contributed by atoms with Crippen molar-refractivity contribution in [2.75, 3.05) is 0 Å². The highest BCUT2D eigenvalue weighted by atomic mass is 28.3. The van der Waals surface area contributed by atoms with Gasteiger partial charge in [-0.1, -0.05) is 61.2 Å². The molecule has 0 bridgehead atoms. The topological polar surface area (TPSA) is 0 Å². The van der Waals surface area contributed by atoms with E-state index in [2.05, 4.69) is 67.8 Å². The van der Waals surface area contributed by atoms with Gasteiger partial charge >= 0.3 is 0 Å². The molecule has 0 fully saturated rings. The highest BCUT2D eigenvalue weighted by molar-refractivity contribution is 6.83. The van der Waals surface area contributed by atoms with Gasteiger partial charge < -0.3 is 0 Å². The highest BCUT2D eigenvalue weighted by Gasteiger charge is 2.39. The molecule has 0 saturated carbocycles. The van der Waals surface area contributed by atoms with Crippen LogP contribution in [0.1, 0.15) is 0 Å². The zero-order chi connectivity index (χ0) is 10.7. The van der Waals surface area contributed by atoms with Crippen molar-refractivity contribution in [3.8, 4) is 0 Å². The Labute approximate surface area is 93.4 Å². The van der Waals surface area contributed by atoms with Crippen molar-refractivity contribution < 1.29 is 0 Å². The van der Waals surface area contributed by atoms with Crippen molar-refractivity contribution in [1.29, 1.82) is 0 Å². The summed E-state index contributed by atoms with van der Waals surface area (Å²) in [4.78, 5) is 0. The molecule has 0 spiro atoms. The fourth-order valence-corrected chi connectivity index (χ4v) is 6.36. The van der Waals surface area contributed by atoms with Crippen LogP contribution in [-0.2, 0) is 0 Å². The summed E-state index contributed by atoms with van der Waals surface area (Å²) >= 11 is 0. The summed E-state index contributed by atoms with van der Waals surface area (Å²) in [5, 5.41) is 0. The molecule has 2 rings (SSSR count). The zero-order valence-electron chi connectivity index (χ0n) is 9.27. The van der Waals surface area contributed by atoms with E-state index in [1.807, 2.05) is 0 Å². The van der Waals surface area contributed by atoms with Crippen molar-refractivity contribution in [2.24, 2.45) is 0 Å². The summed E-state index contributed by atoms with van der Waals surface area (Å²) in [5.41, 5.74) is 1.35. The van der Waals surface area contributed by atoms with E-state index in [4.69, 9.17) is 0 Å². The van der Waals surface area contributed by atoms with Crippen LogP contribution in [0.2, 0.25) is 23.7 Å². The molecule has 0 aliphatic heterocycles. The maximum atomic E-state index is 3.93. The van der Waals surface area contributed by atoms with Gasteiger partial charge in [0.1, 0.15) is 0 Å². The van der Waals surface area contributed by atoms with Gasteiger partial charge in [-0.2, -0.15) is 0 Å². The van der Waals surface area contributed by atoms with Gasteiger partial charge in [-0.15, -0.1) is 6.58 Å². The largest absolute Gasteiger partial charge is 0.103 e. The van der Waals surface area contributed by atoms with Crippen molar-refractivity contribution in [3.63, 3.8) is 0 Å². The van der Waals surface area contributed by atoms with Crippen LogP contribution in [0, 0.1) is 0 Å². The lowest BCUT2D eigenvalue weighted by Gasteiger charge is -2.35. The standard InChI is InChI=1S/C14H18Si/c1-3-12-15(2,13-8-4-5-9-13)14-10-6-7-11-14/h3-11,13-14H,1,12H2,2H3. The first-order valence-corrected chi connectivity index (χ1v) is 8.44. The first-order chi connectivity index (χ1) is 7.27. The first kappa shape index (κ1) is 10.4. The van der Waals surface area contributed by atoms with E-state index in [1.54, 1.807) is 0 Å². The molecule has 0 aromatic heterocycles. The van der Waals surface area contributed by atoms with E-state index < -0.39 is 8.07 Å². The van der Waals surface area contributed by atoms with Gasteiger partial charge in [-0.3, -0.25) is 0 Å². The number of hydrogen-bond acceptors (Lipinski definition) is 0. The molecular formula is C14H18Si. The van der Waals surface area contributed by atoms with Crippen molar-refractivity contribution in [3.05, 3.63) is 61.3 Å². The fraction of sp³-hybridized carbons (Fsp3) is 0.286. The summed E-state index contributed by atoms with van der Waals surface area (Å²) < 4.78 is 0. The quantitative estimate of drug-likeness (QED) is 0.485. The second kappa shape index (κ2) is 4.19. The molecule has 0 atom stereocenters. The Bertz CT molecular complexity index is 306. The van der Waals surface area contributed by atoms with E-state index in [0.29, 0.717) is 11.1 Å². The zero-order valence-corrected chi connectivity index (χ0v) is 10.3. The Hall–Kier alpha value is -1.08. The molecule has 0 nitrogen and oxygen atoms in total. The van der Waals surface area contributed by atoms with Gasteiger partial charge in [-0.05, 0) is 17.1 Å². The molecule has 0 aromatic rings. The SMILES string of the molecule is C=CC[Si](C)(C1C=CC=C1)C1C=CC=C1. The Morgan fingerprint density at radius 3 is 1.73 bits per heavy atom. The molecule has 2 aliphatic rings. The number of allylic oxidation sites excluding steroid dienone is 9. The van der Waals surface area contributed by atoms with Gasteiger partial charge in [0.25, 0.3) is 0 Å². The smallest absolute Gasteiger partial charge is 0.0765 e. The van der Waals surface area contributed by atoms with Crippen LogP contribution < -0.4 is 0 Å². The molecule has 0 amide bonds. The first-order valence-electron chi connectivity index (χ1n) is 5.58. The van der Waals surface area contributed by atoms with Gasteiger partial charge in [0.05, 0.1) is 8.07 Å². The second-order valence-corrected chi connectivity index (χ2v) is 9.34. The van der Waals surface area contributed by atoms with Crippen molar-refractivity contribution >= 4 is 8.07 Å². The van der Waals surface area contributed by atoms with Crippen molar-refractivity contribution in [1.82, 2.24) is 0 Å². The minimum atomic E-state index is -1.35. The molecule has 0 radical (unpaired) electrons. The summed E-state index contributed by atoms with van der Waals surface area (Å²) in [5.74, 6) is 0. The molecule has 0 heterocycles. The second-order valence-electron chi connectivity index (χ2n) is 4.59. The number of rotatable bonds is 4. The normalized spacial score (nSPS) is 20.6. The average molecular weight is 214 g/mol. The molecule has 0 aromatic carbocycles. The van der Waals surface area contributed by atoms with E-state index >= 15 is 0 Å². The van der Waals surface area contributed by atoms with E-state index in [9.17, 15) is 0 Å². The molecule has 0 unspecified atom stereocenters. The van der Waals surface area contributed by atoms with Crippen molar-refractivity contribution in [2.45, 2.75) is 23.7 Å². The number of hydrogen-bond donors (Lipinski definition) is 0. The maximum Gasteiger partial charge on any atom is 0.0765 e. The van der Waals surface area contributed by atoms with Crippen LogP contribution in [-0.4, -0.2) is 8.07 Å². The third-order valence-electron chi connectivity index (χ3n) is 3.60. The van der Waals surface area contributed by atoms with Crippen LogP contribution >= 0.6 is 0 Å². The van der Waals surface area contributed by atoms with E-state index in [1.165, 1.54) is 6.04 Å². The lowest BCUT2D eigenvalue weighted by atomic mass is 10.4. The summed E-state index contributed by atoms with van der Waals surface area (Å²) in [6.07, 6.45) is 20.3. The molecule has 2 aliphatic carbocycles. The molecule has 0 N–H and O–H groups in total. The predicted molar refractivity (Wildman–Crippen MR) is 70.7 cm³/mol. The van der Waals surface area contributed by atoms with Crippen LogP contribution in [0.5, 0.6) is 0 Å². The van der Waals surface area contributed by atoms with E-state index in [-0.39, 0.29) is 0 Å². The molecule has 0 saturated heterocycles. The third-order valence-corrected chi connectivity index (χ3v) is 8.59. The minimum Gasteiger partial charge on any atom is -0.103 e. The van der Waals surface area contributed by atoms with Gasteiger partial charge in [0, 0.05) is 0 Å². The minimum absolute atomic E-state index is 0.674. The van der Waals surface area contributed by atoms with Gasteiger partial charge in [0.15, 0.2) is 0 Å². The monoisotopic (exact) mass is 214 g/mol. The lowest BCUT2D eigenvalue weighted by Crippen LogP contribution is -2.37. The molecule has 15 heavy (non-hydrogen) atoms. The fourth-order valence-electron chi connectivity index (χ4n) is 2.55. The lowest BCUT2D eigenvalue weighted by molar-refractivity contribution is 1.14. The van der Waals surface area contributed by atoms with Crippen LogP contribution in [0.4, 0.5) is 0 Å².